The number of piperidine rings is 1. The summed E-state index contributed by atoms with van der Waals surface area (Å²) in [5.74, 6) is 0.115. The van der Waals surface area contributed by atoms with Gasteiger partial charge in [0.15, 0.2) is 6.61 Å². The summed E-state index contributed by atoms with van der Waals surface area (Å²) in [6, 6.07) is 12.2. The molecule has 7 heteroatoms. The predicted octanol–water partition coefficient (Wildman–Crippen LogP) is 4.75. The summed E-state index contributed by atoms with van der Waals surface area (Å²) in [5.41, 5.74) is 1.14. The van der Waals surface area contributed by atoms with Crippen molar-refractivity contribution < 1.29 is 14.3 Å². The van der Waals surface area contributed by atoms with E-state index in [2.05, 4.69) is 21.2 Å². The molecule has 1 heterocycles. The highest BCUT2D eigenvalue weighted by molar-refractivity contribution is 9.10. The number of nitrogens with one attached hydrogen (secondary N) is 1. The molecule has 0 bridgehead atoms. The van der Waals surface area contributed by atoms with Crippen LogP contribution in [0.25, 0.3) is 0 Å². The zero-order valence-corrected chi connectivity index (χ0v) is 17.1. The molecular weight excluding hydrogens is 432 g/mol. The molecule has 2 aromatic carbocycles. The molecule has 2 aromatic rings. The summed E-state index contributed by atoms with van der Waals surface area (Å²) in [6.07, 6.45) is 3.25. The van der Waals surface area contributed by atoms with Crippen molar-refractivity contribution in [3.05, 3.63) is 57.5 Å². The second-order valence-corrected chi connectivity index (χ2v) is 7.67. The van der Waals surface area contributed by atoms with E-state index in [1.807, 2.05) is 4.90 Å². The van der Waals surface area contributed by atoms with E-state index in [4.69, 9.17) is 16.3 Å². The van der Waals surface area contributed by atoms with Gasteiger partial charge >= 0.3 is 0 Å². The Kier molecular flexibility index (Phi) is 6.74. The fraction of sp³-hybridized carbons (Fsp3) is 0.300. The van der Waals surface area contributed by atoms with Gasteiger partial charge in [-0.1, -0.05) is 33.6 Å². The molecule has 0 radical (unpaired) electrons. The number of hydrogen-bond acceptors (Lipinski definition) is 3. The Hall–Kier alpha value is -2.05. The fourth-order valence-corrected chi connectivity index (χ4v) is 3.67. The van der Waals surface area contributed by atoms with Crippen LogP contribution in [0.2, 0.25) is 5.02 Å². The van der Waals surface area contributed by atoms with Crippen LogP contribution in [0.5, 0.6) is 5.75 Å². The van der Waals surface area contributed by atoms with E-state index in [-0.39, 0.29) is 18.4 Å². The number of rotatable bonds is 5. The van der Waals surface area contributed by atoms with E-state index < -0.39 is 0 Å². The second kappa shape index (κ2) is 9.24. The molecule has 0 atom stereocenters. The Labute approximate surface area is 171 Å². The van der Waals surface area contributed by atoms with E-state index in [1.54, 1.807) is 42.5 Å². The number of anilines is 1. The molecule has 27 heavy (non-hydrogen) atoms. The molecule has 2 amide bonds. The van der Waals surface area contributed by atoms with E-state index in [0.717, 1.165) is 30.4 Å². The molecule has 1 saturated heterocycles. The number of benzene rings is 2. The highest BCUT2D eigenvalue weighted by Crippen LogP contribution is 2.27. The van der Waals surface area contributed by atoms with Gasteiger partial charge in [-0.3, -0.25) is 9.59 Å². The number of ether oxygens (including phenoxy) is 1. The average molecular weight is 452 g/mol. The lowest BCUT2D eigenvalue weighted by molar-refractivity contribution is -0.118. The number of carbonyl (C=O) groups excluding carboxylic acids is 2. The smallest absolute Gasteiger partial charge is 0.262 e. The van der Waals surface area contributed by atoms with Crippen LogP contribution in [0.4, 0.5) is 5.69 Å². The third kappa shape index (κ3) is 5.47. The van der Waals surface area contributed by atoms with Crippen molar-refractivity contribution in [1.29, 1.82) is 0 Å². The van der Waals surface area contributed by atoms with Crippen LogP contribution in [-0.2, 0) is 4.79 Å². The minimum atomic E-state index is -0.323. The average Bonchev–Trinajstić information content (AvgIpc) is 2.67. The normalized spacial score (nSPS) is 13.9. The van der Waals surface area contributed by atoms with Crippen molar-refractivity contribution in [2.75, 3.05) is 25.0 Å². The first-order valence-corrected chi connectivity index (χ1v) is 9.97. The summed E-state index contributed by atoms with van der Waals surface area (Å²) in [4.78, 5) is 26.6. The summed E-state index contributed by atoms with van der Waals surface area (Å²) in [7, 11) is 0. The molecule has 1 N–H and O–H groups in total. The lowest BCUT2D eigenvalue weighted by Crippen LogP contribution is -2.35. The highest BCUT2D eigenvalue weighted by atomic mass is 79.9. The fourth-order valence-electron chi connectivity index (χ4n) is 2.94. The monoisotopic (exact) mass is 450 g/mol. The maximum atomic E-state index is 12.6. The van der Waals surface area contributed by atoms with Crippen LogP contribution in [0.15, 0.2) is 46.9 Å². The summed E-state index contributed by atoms with van der Waals surface area (Å²) >= 11 is 9.39. The number of halogens is 2. The van der Waals surface area contributed by atoms with Gasteiger partial charge in [-0.15, -0.1) is 0 Å². The minimum Gasteiger partial charge on any atom is -0.482 e. The zero-order valence-electron chi connectivity index (χ0n) is 14.7. The van der Waals surface area contributed by atoms with Crippen molar-refractivity contribution in [1.82, 2.24) is 4.90 Å². The van der Waals surface area contributed by atoms with E-state index in [0.29, 0.717) is 22.0 Å². The SMILES string of the molecule is O=C(COc1ccc(Br)cc1Cl)Nc1cccc(C(=O)N2CCCCC2)c1. The number of hydrogen-bond donors (Lipinski definition) is 1. The first-order chi connectivity index (χ1) is 13.0. The van der Waals surface area contributed by atoms with Crippen molar-refractivity contribution in [3.8, 4) is 5.75 Å². The van der Waals surface area contributed by atoms with Gasteiger partial charge in [0, 0.05) is 28.8 Å². The van der Waals surface area contributed by atoms with Crippen LogP contribution in [-0.4, -0.2) is 36.4 Å². The van der Waals surface area contributed by atoms with Gasteiger partial charge < -0.3 is 15.0 Å². The lowest BCUT2D eigenvalue weighted by Gasteiger charge is -2.26. The molecule has 0 aliphatic carbocycles. The zero-order chi connectivity index (χ0) is 19.2. The van der Waals surface area contributed by atoms with Crippen molar-refractivity contribution >= 4 is 45.0 Å². The molecule has 0 saturated carbocycles. The molecule has 0 unspecified atom stereocenters. The lowest BCUT2D eigenvalue weighted by atomic mass is 10.1. The van der Waals surface area contributed by atoms with Gasteiger partial charge in [0.2, 0.25) is 0 Å². The summed E-state index contributed by atoms with van der Waals surface area (Å²) < 4.78 is 6.29. The van der Waals surface area contributed by atoms with Crippen LogP contribution < -0.4 is 10.1 Å². The first kappa shape index (κ1) is 19.7. The van der Waals surface area contributed by atoms with Crippen molar-refractivity contribution in [2.45, 2.75) is 19.3 Å². The Bertz CT molecular complexity index is 838. The highest BCUT2D eigenvalue weighted by Gasteiger charge is 2.18. The third-order valence-electron chi connectivity index (χ3n) is 4.29. The maximum Gasteiger partial charge on any atom is 0.262 e. The van der Waals surface area contributed by atoms with E-state index >= 15 is 0 Å². The van der Waals surface area contributed by atoms with Gasteiger partial charge in [0.25, 0.3) is 11.8 Å². The molecule has 5 nitrogen and oxygen atoms in total. The number of likely N-dealkylation sites (tertiary alicyclic amines) is 1. The Morgan fingerprint density at radius 3 is 2.63 bits per heavy atom. The predicted molar refractivity (Wildman–Crippen MR) is 109 cm³/mol. The van der Waals surface area contributed by atoms with E-state index in [9.17, 15) is 9.59 Å². The molecule has 1 aliphatic heterocycles. The standard InChI is InChI=1S/C20H20BrClN2O3/c21-15-7-8-18(17(22)12-15)27-13-19(25)23-16-6-4-5-14(11-16)20(26)24-9-2-1-3-10-24/h4-8,11-12H,1-3,9-10,13H2,(H,23,25). The third-order valence-corrected chi connectivity index (χ3v) is 5.08. The molecule has 0 aromatic heterocycles. The van der Waals surface area contributed by atoms with Crippen LogP contribution in [0.3, 0.4) is 0 Å². The van der Waals surface area contributed by atoms with Gasteiger partial charge in [0.1, 0.15) is 5.75 Å². The molecule has 1 aliphatic rings. The number of carbonyl (C=O) groups is 2. The topological polar surface area (TPSA) is 58.6 Å². The Morgan fingerprint density at radius 2 is 1.89 bits per heavy atom. The maximum absolute atomic E-state index is 12.6. The molecular formula is C20H20BrClN2O3. The van der Waals surface area contributed by atoms with Gasteiger partial charge in [-0.05, 0) is 55.7 Å². The molecule has 1 fully saturated rings. The quantitative estimate of drug-likeness (QED) is 0.714. The Morgan fingerprint density at radius 1 is 1.11 bits per heavy atom. The van der Waals surface area contributed by atoms with Gasteiger partial charge in [-0.2, -0.15) is 0 Å². The summed E-state index contributed by atoms with van der Waals surface area (Å²) in [6.45, 7) is 1.40. The van der Waals surface area contributed by atoms with Crippen LogP contribution in [0, 0.1) is 0 Å². The molecule has 3 rings (SSSR count). The van der Waals surface area contributed by atoms with E-state index in [1.165, 1.54) is 6.42 Å². The van der Waals surface area contributed by atoms with Crippen LogP contribution in [0.1, 0.15) is 29.6 Å². The number of amides is 2. The first-order valence-electron chi connectivity index (χ1n) is 8.80. The van der Waals surface area contributed by atoms with Gasteiger partial charge in [0.05, 0.1) is 5.02 Å². The largest absolute Gasteiger partial charge is 0.482 e. The second-order valence-electron chi connectivity index (χ2n) is 6.35. The Balaban J connectivity index is 1.58. The molecule has 142 valence electrons. The summed E-state index contributed by atoms with van der Waals surface area (Å²) in [5, 5.41) is 3.18. The van der Waals surface area contributed by atoms with Gasteiger partial charge in [-0.25, -0.2) is 0 Å². The molecule has 0 spiro atoms. The van der Waals surface area contributed by atoms with Crippen molar-refractivity contribution in [2.24, 2.45) is 0 Å². The minimum absolute atomic E-state index is 0.00342. The van der Waals surface area contributed by atoms with Crippen LogP contribution >= 0.6 is 27.5 Å². The number of nitrogens with zero attached hydrogens (tertiary/aromatic N) is 1. The van der Waals surface area contributed by atoms with Crippen molar-refractivity contribution in [3.63, 3.8) is 0 Å².